The molecule has 0 radical (unpaired) electrons. The van der Waals surface area contributed by atoms with Gasteiger partial charge in [-0.05, 0) is 0 Å². The van der Waals surface area contributed by atoms with E-state index in [1.54, 1.807) is 0 Å². The summed E-state index contributed by atoms with van der Waals surface area (Å²) in [5, 5.41) is 3.91. The minimum absolute atomic E-state index is 0. The zero-order chi connectivity index (χ0) is 8.39. The topological polar surface area (TPSA) is 26.0 Å². The van der Waals surface area contributed by atoms with Crippen molar-refractivity contribution in [2.45, 2.75) is 0 Å². The molecule has 0 aliphatic carbocycles. The number of rotatable bonds is 1. The molecule has 1 heterocycles. The second-order valence-corrected chi connectivity index (χ2v) is 2.64. The molecule has 4 heteroatoms. The molecule has 13 heavy (non-hydrogen) atoms. The first-order valence-corrected chi connectivity index (χ1v) is 3.84. The van der Waals surface area contributed by atoms with E-state index in [0.29, 0.717) is 5.69 Å². The van der Waals surface area contributed by atoms with Crippen LogP contribution in [0.1, 0.15) is 0 Å². The molecule has 0 aliphatic heterocycles. The van der Waals surface area contributed by atoms with Gasteiger partial charge < -0.3 is 4.52 Å². The molecular weight excluding hydrogens is 180 g/mol. The summed E-state index contributed by atoms with van der Waals surface area (Å²) in [6, 6.07) is 12.4. The van der Waals surface area contributed by atoms with Gasteiger partial charge in [-0.15, -0.1) is 22.9 Å². The zero-order valence-corrected chi connectivity index (χ0v) is 7.88. The molecule has 0 bridgehead atoms. The molecule has 2 aromatic rings. The van der Waals surface area contributed by atoms with Crippen LogP contribution < -0.4 is 18.9 Å². The van der Waals surface area contributed by atoms with Crippen LogP contribution in [-0.4, -0.2) is 5.16 Å². The first-order valence-electron chi connectivity index (χ1n) is 3.46. The quantitative estimate of drug-likeness (QED) is 0.454. The summed E-state index contributed by atoms with van der Waals surface area (Å²) >= 11 is 5.53. The van der Waals surface area contributed by atoms with Crippen molar-refractivity contribution in [1.82, 2.24) is 5.16 Å². The van der Waals surface area contributed by atoms with E-state index in [1.165, 1.54) is 0 Å². The average Bonchev–Trinajstić information content (AvgIpc) is 2.54. The molecular formula is C9H5ClLiNO. The second-order valence-electron chi connectivity index (χ2n) is 2.30. The van der Waals surface area contributed by atoms with Gasteiger partial charge in [0.05, 0.1) is 0 Å². The van der Waals surface area contributed by atoms with E-state index < -0.39 is 0 Å². The third-order valence-corrected chi connectivity index (χ3v) is 1.64. The van der Waals surface area contributed by atoms with Crippen molar-refractivity contribution in [2.75, 3.05) is 0 Å². The number of halogens is 1. The molecule has 0 amide bonds. The van der Waals surface area contributed by atoms with Crippen molar-refractivity contribution in [3.63, 3.8) is 0 Å². The molecule has 0 aliphatic rings. The minimum atomic E-state index is 0. The summed E-state index contributed by atoms with van der Waals surface area (Å²) in [7, 11) is 0. The van der Waals surface area contributed by atoms with Gasteiger partial charge in [-0.1, -0.05) is 35.5 Å². The molecule has 1 aromatic heterocycles. The fraction of sp³-hybridized carbons (Fsp3) is 0. The van der Waals surface area contributed by atoms with Crippen molar-refractivity contribution >= 4 is 11.6 Å². The maximum absolute atomic E-state index is 5.53. The molecule has 0 spiro atoms. The standard InChI is InChI=1S/C9H5ClNO.Li/c10-9-6-8(11-12-9)7-4-2-1-3-5-7;/h1-5H;/q-1;+1. The Balaban J connectivity index is 0.000000845. The number of hydrogen-bond acceptors (Lipinski definition) is 2. The van der Waals surface area contributed by atoms with Crippen LogP contribution in [-0.2, 0) is 0 Å². The Morgan fingerprint density at radius 2 is 1.92 bits per heavy atom. The van der Waals surface area contributed by atoms with E-state index in [-0.39, 0.29) is 24.1 Å². The van der Waals surface area contributed by atoms with Gasteiger partial charge in [-0.2, -0.15) is 6.07 Å². The third-order valence-electron chi connectivity index (χ3n) is 1.48. The van der Waals surface area contributed by atoms with Crippen LogP contribution in [0.15, 0.2) is 34.9 Å². The fourth-order valence-corrected chi connectivity index (χ4v) is 1.07. The van der Waals surface area contributed by atoms with Gasteiger partial charge in [0, 0.05) is 0 Å². The number of nitrogens with zero attached hydrogens (tertiary/aromatic N) is 1. The molecule has 0 unspecified atom stereocenters. The molecule has 2 nitrogen and oxygen atoms in total. The monoisotopic (exact) mass is 185 g/mol. The van der Waals surface area contributed by atoms with Crippen LogP contribution in [0, 0.1) is 6.07 Å². The Morgan fingerprint density at radius 3 is 2.46 bits per heavy atom. The SMILES string of the molecule is Clc1[c-]c(-c2ccccc2)no1.[Li+]. The van der Waals surface area contributed by atoms with E-state index in [4.69, 9.17) is 11.6 Å². The van der Waals surface area contributed by atoms with Crippen molar-refractivity contribution < 1.29 is 23.4 Å². The van der Waals surface area contributed by atoms with Gasteiger partial charge in [-0.3, -0.25) is 0 Å². The third kappa shape index (κ3) is 2.38. The van der Waals surface area contributed by atoms with Crippen LogP contribution in [0.3, 0.4) is 0 Å². The summed E-state index contributed by atoms with van der Waals surface area (Å²) in [6.07, 6.45) is 0. The van der Waals surface area contributed by atoms with Crippen molar-refractivity contribution in [3.8, 4) is 11.3 Å². The Labute approximate surface area is 93.1 Å². The maximum Gasteiger partial charge on any atom is 1.00 e. The van der Waals surface area contributed by atoms with Gasteiger partial charge in [0.25, 0.3) is 0 Å². The first-order chi connectivity index (χ1) is 5.86. The fourth-order valence-electron chi connectivity index (χ4n) is 0.945. The molecule has 0 atom stereocenters. The normalized spacial score (nSPS) is 9.31. The van der Waals surface area contributed by atoms with Crippen LogP contribution in [0.2, 0.25) is 5.22 Å². The molecule has 1 aromatic carbocycles. The smallest absolute Gasteiger partial charge is 0.368 e. The Morgan fingerprint density at radius 1 is 1.23 bits per heavy atom. The molecule has 0 saturated heterocycles. The summed E-state index contributed by atoms with van der Waals surface area (Å²) in [5.74, 6) is 0. The van der Waals surface area contributed by atoms with E-state index in [2.05, 4.69) is 15.7 Å². The van der Waals surface area contributed by atoms with Crippen LogP contribution >= 0.6 is 11.6 Å². The van der Waals surface area contributed by atoms with Gasteiger partial charge in [0.2, 0.25) is 0 Å². The first kappa shape index (κ1) is 10.4. The molecule has 0 saturated carbocycles. The predicted octanol–water partition coefficient (Wildman–Crippen LogP) is -0.201. The second kappa shape index (κ2) is 4.52. The Bertz CT molecular complexity index is 374. The molecule has 60 valence electrons. The Hall–Kier alpha value is -0.683. The molecule has 2 rings (SSSR count). The van der Waals surface area contributed by atoms with Crippen molar-refractivity contribution in [2.24, 2.45) is 0 Å². The molecule has 0 N–H and O–H groups in total. The van der Waals surface area contributed by atoms with Crippen molar-refractivity contribution in [3.05, 3.63) is 41.6 Å². The maximum atomic E-state index is 5.53. The van der Waals surface area contributed by atoms with Gasteiger partial charge in [-0.25, -0.2) is 0 Å². The van der Waals surface area contributed by atoms with Gasteiger partial charge >= 0.3 is 18.9 Å². The van der Waals surface area contributed by atoms with Crippen LogP contribution in [0.4, 0.5) is 0 Å². The summed E-state index contributed by atoms with van der Waals surface area (Å²) in [6.45, 7) is 0. The Kier molecular flexibility index (Phi) is 3.62. The number of hydrogen-bond donors (Lipinski definition) is 0. The summed E-state index contributed by atoms with van der Waals surface area (Å²) < 4.78 is 4.68. The van der Waals surface area contributed by atoms with Gasteiger partial charge in [0.1, 0.15) is 5.22 Å². The summed E-state index contributed by atoms with van der Waals surface area (Å²) in [4.78, 5) is 0. The van der Waals surface area contributed by atoms with E-state index in [9.17, 15) is 0 Å². The summed E-state index contributed by atoms with van der Waals surface area (Å²) in [5.41, 5.74) is 1.59. The van der Waals surface area contributed by atoms with Crippen molar-refractivity contribution in [1.29, 1.82) is 0 Å². The average molecular weight is 186 g/mol. The van der Waals surface area contributed by atoms with E-state index >= 15 is 0 Å². The predicted molar refractivity (Wildman–Crippen MR) is 45.8 cm³/mol. The van der Waals surface area contributed by atoms with Crippen LogP contribution in [0.5, 0.6) is 0 Å². The molecule has 0 fully saturated rings. The zero-order valence-electron chi connectivity index (χ0n) is 7.12. The number of aromatic nitrogens is 1. The minimum Gasteiger partial charge on any atom is -0.368 e. The van der Waals surface area contributed by atoms with Gasteiger partial charge in [0.15, 0.2) is 0 Å². The number of benzene rings is 1. The largest absolute Gasteiger partial charge is 1.00 e. The van der Waals surface area contributed by atoms with Crippen LogP contribution in [0.25, 0.3) is 11.3 Å². The van der Waals surface area contributed by atoms with E-state index in [0.717, 1.165) is 5.56 Å². The van der Waals surface area contributed by atoms with E-state index in [1.807, 2.05) is 30.3 Å².